The van der Waals surface area contributed by atoms with Crippen molar-refractivity contribution in [3.63, 3.8) is 0 Å². The van der Waals surface area contributed by atoms with Crippen LogP contribution in [0.1, 0.15) is 45.1 Å². The number of rotatable bonds is 8. The third kappa shape index (κ3) is 4.16. The fourth-order valence-corrected chi connectivity index (χ4v) is 3.88. The van der Waals surface area contributed by atoms with E-state index in [-0.39, 0.29) is 0 Å². The molecule has 0 saturated heterocycles. The summed E-state index contributed by atoms with van der Waals surface area (Å²) < 4.78 is 13.7. The molecule has 8 nitrogen and oxygen atoms in total. The molecule has 0 saturated carbocycles. The summed E-state index contributed by atoms with van der Waals surface area (Å²) in [6.45, 7) is 4.98. The van der Waals surface area contributed by atoms with Crippen molar-refractivity contribution in [2.24, 2.45) is 4.99 Å². The smallest absolute Gasteiger partial charge is 0.326 e. The summed E-state index contributed by atoms with van der Waals surface area (Å²) in [5.74, 6) is 0.438. The van der Waals surface area contributed by atoms with Gasteiger partial charge in [0.1, 0.15) is 16.7 Å². The van der Waals surface area contributed by atoms with Crippen molar-refractivity contribution in [3.8, 4) is 17.6 Å². The Balaban J connectivity index is 1.69. The second-order valence-corrected chi connectivity index (χ2v) is 7.90. The number of fused-ring (bicyclic) bond motifs is 2. The second kappa shape index (κ2) is 9.36. The number of benzene rings is 2. The minimum Gasteiger partial charge on any atom is -0.435 e. The van der Waals surface area contributed by atoms with E-state index in [4.69, 9.17) is 18.8 Å². The molecule has 0 atom stereocenters. The zero-order valence-electron chi connectivity index (χ0n) is 18.9. The second-order valence-electron chi connectivity index (χ2n) is 7.90. The van der Waals surface area contributed by atoms with Crippen LogP contribution in [0, 0.1) is 0 Å². The van der Waals surface area contributed by atoms with E-state index in [1.807, 2.05) is 48.5 Å². The van der Waals surface area contributed by atoms with Crippen LogP contribution < -0.4 is 5.49 Å². The molecule has 33 heavy (non-hydrogen) atoms. The van der Waals surface area contributed by atoms with Gasteiger partial charge in [0, 0.05) is 12.1 Å². The van der Waals surface area contributed by atoms with E-state index in [1.54, 1.807) is 4.68 Å². The number of para-hydroxylation sites is 4. The van der Waals surface area contributed by atoms with Crippen LogP contribution in [0.2, 0.25) is 0 Å². The van der Waals surface area contributed by atoms with Crippen LogP contribution in [0.3, 0.4) is 0 Å². The van der Waals surface area contributed by atoms with Crippen LogP contribution in [0.4, 0.5) is 0 Å². The largest absolute Gasteiger partial charge is 0.435 e. The van der Waals surface area contributed by atoms with Gasteiger partial charge in [0.15, 0.2) is 16.7 Å². The maximum atomic E-state index is 6.13. The molecule has 0 radical (unpaired) electrons. The molecule has 0 aliphatic heterocycles. The minimum absolute atomic E-state index is 0.310. The molecule has 0 aliphatic carbocycles. The van der Waals surface area contributed by atoms with E-state index in [1.165, 1.54) is 12.8 Å². The van der Waals surface area contributed by atoms with Gasteiger partial charge in [0.2, 0.25) is 5.89 Å². The van der Waals surface area contributed by atoms with Gasteiger partial charge in [-0.1, -0.05) is 62.6 Å². The Hall–Kier alpha value is -3.81. The molecule has 5 rings (SSSR count). The van der Waals surface area contributed by atoms with Crippen LogP contribution >= 0.6 is 0 Å². The van der Waals surface area contributed by atoms with Crippen LogP contribution in [0.5, 0.6) is 0 Å². The Labute approximate surface area is 191 Å². The molecule has 0 spiro atoms. The zero-order valence-corrected chi connectivity index (χ0v) is 18.9. The third-order valence-electron chi connectivity index (χ3n) is 5.58. The topological polar surface area (TPSA) is 95.1 Å². The van der Waals surface area contributed by atoms with Crippen molar-refractivity contribution in [1.29, 1.82) is 0 Å². The summed E-state index contributed by atoms with van der Waals surface area (Å²) in [5, 5.41) is 8.86. The molecule has 0 aliphatic rings. The van der Waals surface area contributed by atoms with E-state index >= 15 is 0 Å². The molecule has 8 heteroatoms. The van der Waals surface area contributed by atoms with Gasteiger partial charge in [-0.2, -0.15) is 9.67 Å². The molecule has 0 amide bonds. The molecule has 3 heterocycles. The summed E-state index contributed by atoms with van der Waals surface area (Å²) in [7, 11) is 0. The number of aromatic nitrogens is 5. The molecular formula is C25H26N6O2. The molecule has 0 unspecified atom stereocenters. The lowest BCUT2D eigenvalue weighted by Crippen LogP contribution is -2.24. The van der Waals surface area contributed by atoms with Gasteiger partial charge in [0.05, 0.1) is 0 Å². The highest BCUT2D eigenvalue weighted by Crippen LogP contribution is 2.28. The van der Waals surface area contributed by atoms with Crippen LogP contribution in [-0.2, 0) is 6.42 Å². The Bertz CT molecular complexity index is 1400. The highest BCUT2D eigenvalue weighted by Gasteiger charge is 2.23. The molecule has 0 N–H and O–H groups in total. The van der Waals surface area contributed by atoms with Crippen molar-refractivity contribution in [2.75, 3.05) is 6.54 Å². The first-order valence-electron chi connectivity index (χ1n) is 11.5. The number of unbranched alkanes of at least 4 members (excludes halogenated alkanes) is 3. The Morgan fingerprint density at radius 2 is 1.58 bits per heavy atom. The van der Waals surface area contributed by atoms with Gasteiger partial charge < -0.3 is 8.83 Å². The lowest BCUT2D eigenvalue weighted by molar-refractivity contribution is 0.512. The zero-order chi connectivity index (χ0) is 22.6. The highest BCUT2D eigenvalue weighted by molar-refractivity contribution is 5.76. The Morgan fingerprint density at radius 3 is 2.27 bits per heavy atom. The predicted octanol–water partition coefficient (Wildman–Crippen LogP) is 5.26. The van der Waals surface area contributed by atoms with E-state index in [0.717, 1.165) is 29.4 Å². The van der Waals surface area contributed by atoms with Crippen LogP contribution in [-0.4, -0.2) is 31.5 Å². The van der Waals surface area contributed by atoms with Gasteiger partial charge in [0.25, 0.3) is 0 Å². The van der Waals surface area contributed by atoms with Crippen molar-refractivity contribution >= 4 is 22.2 Å². The Morgan fingerprint density at radius 1 is 0.848 bits per heavy atom. The fourth-order valence-electron chi connectivity index (χ4n) is 3.88. The fraction of sp³-hybridized carbons (Fsp3) is 0.320. The van der Waals surface area contributed by atoms with E-state index in [2.05, 4.69) is 29.1 Å². The van der Waals surface area contributed by atoms with Crippen LogP contribution in [0.15, 0.2) is 62.4 Å². The number of oxazole rings is 2. The van der Waals surface area contributed by atoms with E-state index in [9.17, 15) is 0 Å². The summed E-state index contributed by atoms with van der Waals surface area (Å²) in [4.78, 5) is 14.1. The van der Waals surface area contributed by atoms with E-state index in [0.29, 0.717) is 47.2 Å². The average molecular weight is 443 g/mol. The van der Waals surface area contributed by atoms with Crippen molar-refractivity contribution < 1.29 is 8.83 Å². The number of hydrogen-bond donors (Lipinski definition) is 0. The van der Waals surface area contributed by atoms with Crippen molar-refractivity contribution in [1.82, 2.24) is 25.0 Å². The average Bonchev–Trinajstić information content (AvgIpc) is 3.47. The Kier molecular flexibility index (Phi) is 5.97. The van der Waals surface area contributed by atoms with Gasteiger partial charge in [-0.15, -0.1) is 5.10 Å². The predicted molar refractivity (Wildman–Crippen MR) is 126 cm³/mol. The standard InChI is InChI=1S/C25H26N6O2/c1-3-5-6-11-16-26-23-17(4-2)22(24-27-18-12-7-9-14-20(18)32-24)31(30-29-23)25-28-19-13-8-10-15-21(19)33-25/h7-10,12-15H,3-6,11,16H2,1-2H3. The number of hydrogen-bond acceptors (Lipinski definition) is 7. The van der Waals surface area contributed by atoms with Gasteiger partial charge in [-0.25, -0.2) is 4.98 Å². The van der Waals surface area contributed by atoms with Crippen molar-refractivity contribution in [3.05, 3.63) is 59.6 Å². The summed E-state index contributed by atoms with van der Waals surface area (Å²) in [6.07, 6.45) is 5.26. The maximum absolute atomic E-state index is 6.13. The van der Waals surface area contributed by atoms with Gasteiger partial charge in [-0.3, -0.25) is 4.99 Å². The summed E-state index contributed by atoms with van der Waals surface area (Å²) in [6, 6.07) is 15.6. The highest BCUT2D eigenvalue weighted by atomic mass is 16.4. The lowest BCUT2D eigenvalue weighted by Gasteiger charge is -2.10. The minimum atomic E-state index is 0.310. The summed E-state index contributed by atoms with van der Waals surface area (Å²) in [5.41, 5.74) is 5.05. The molecule has 0 bridgehead atoms. The van der Waals surface area contributed by atoms with E-state index < -0.39 is 0 Å². The molecule has 3 aromatic heterocycles. The molecule has 5 aromatic rings. The van der Waals surface area contributed by atoms with Crippen molar-refractivity contribution in [2.45, 2.75) is 46.0 Å². The third-order valence-corrected chi connectivity index (χ3v) is 5.58. The summed E-state index contributed by atoms with van der Waals surface area (Å²) >= 11 is 0. The first kappa shape index (κ1) is 21.1. The van der Waals surface area contributed by atoms with Crippen LogP contribution in [0.25, 0.3) is 39.8 Å². The lowest BCUT2D eigenvalue weighted by atomic mass is 10.1. The normalized spacial score (nSPS) is 12.2. The quantitative estimate of drug-likeness (QED) is 0.304. The maximum Gasteiger partial charge on any atom is 0.326 e. The number of nitrogens with zero attached hydrogens (tertiary/aromatic N) is 6. The molecule has 0 fully saturated rings. The first-order chi connectivity index (χ1) is 16.3. The first-order valence-corrected chi connectivity index (χ1v) is 11.5. The molecular weight excluding hydrogens is 416 g/mol. The van der Waals surface area contributed by atoms with Gasteiger partial charge in [-0.05, 0) is 37.1 Å². The van der Waals surface area contributed by atoms with Gasteiger partial charge >= 0.3 is 6.01 Å². The molecule has 2 aromatic carbocycles. The molecule has 168 valence electrons. The monoisotopic (exact) mass is 442 g/mol. The SMILES string of the molecule is CCCCCCN=c1nnn(-c2nc3ccccc3o2)c(-c2nc3ccccc3o2)c1CC.